The second-order valence-electron chi connectivity index (χ2n) is 5.65. The second-order valence-corrected chi connectivity index (χ2v) is 7.24. The molecule has 2 heterocycles. The number of nitrogens with zero attached hydrogens (tertiary/aromatic N) is 2. The van der Waals surface area contributed by atoms with Gasteiger partial charge >= 0.3 is 0 Å². The number of pyridine rings is 1. The molecule has 3 nitrogen and oxygen atoms in total. The standard InChI is InChI=1S/C15H21N3S2/c1-10-9-20-7-6-18(10)15-12(14(16)19)8-11-4-2-3-5-13(11)17-15/h8,10H,2-7,9H2,1H3,(H2,16,19). The second kappa shape index (κ2) is 5.90. The van der Waals surface area contributed by atoms with Gasteiger partial charge in [-0.15, -0.1) is 0 Å². The minimum Gasteiger partial charge on any atom is -0.389 e. The summed E-state index contributed by atoms with van der Waals surface area (Å²) < 4.78 is 0. The topological polar surface area (TPSA) is 42.2 Å². The van der Waals surface area contributed by atoms with Gasteiger partial charge in [-0.25, -0.2) is 4.98 Å². The lowest BCUT2D eigenvalue weighted by Crippen LogP contribution is -2.42. The molecule has 3 rings (SSSR count). The molecular formula is C15H21N3S2. The van der Waals surface area contributed by atoms with Gasteiger partial charge in [-0.2, -0.15) is 11.8 Å². The van der Waals surface area contributed by atoms with E-state index in [1.165, 1.54) is 24.1 Å². The first-order valence-electron chi connectivity index (χ1n) is 7.34. The third-order valence-electron chi connectivity index (χ3n) is 4.19. The van der Waals surface area contributed by atoms with Crippen LogP contribution < -0.4 is 10.6 Å². The van der Waals surface area contributed by atoms with Crippen molar-refractivity contribution in [2.75, 3.05) is 23.0 Å². The number of thiocarbonyl (C=S) groups is 1. The highest BCUT2D eigenvalue weighted by molar-refractivity contribution is 7.99. The van der Waals surface area contributed by atoms with E-state index in [1.807, 2.05) is 11.8 Å². The number of hydrogen-bond acceptors (Lipinski definition) is 4. The SMILES string of the molecule is CC1CSCCN1c1nc2c(cc1C(N)=S)CCCC2. The number of fused-ring (bicyclic) bond motifs is 1. The van der Waals surface area contributed by atoms with Crippen LogP contribution in [0.1, 0.15) is 36.6 Å². The summed E-state index contributed by atoms with van der Waals surface area (Å²) in [6, 6.07) is 2.70. The molecule has 5 heteroatoms. The van der Waals surface area contributed by atoms with Crippen LogP contribution in [0.2, 0.25) is 0 Å². The minimum absolute atomic E-state index is 0.478. The molecule has 108 valence electrons. The molecule has 0 amide bonds. The molecule has 1 saturated heterocycles. The first-order chi connectivity index (χ1) is 9.66. The van der Waals surface area contributed by atoms with Gasteiger partial charge in [0.25, 0.3) is 0 Å². The first-order valence-corrected chi connectivity index (χ1v) is 8.90. The molecule has 1 aromatic rings. The maximum atomic E-state index is 5.96. The quantitative estimate of drug-likeness (QED) is 0.851. The molecule has 1 aliphatic carbocycles. The third-order valence-corrected chi connectivity index (χ3v) is 5.60. The van der Waals surface area contributed by atoms with E-state index in [1.54, 1.807) is 0 Å². The Bertz CT molecular complexity index is 530. The Morgan fingerprint density at radius 3 is 3.00 bits per heavy atom. The van der Waals surface area contributed by atoms with Crippen LogP contribution in [0.15, 0.2) is 6.07 Å². The van der Waals surface area contributed by atoms with Crippen LogP contribution in [0.4, 0.5) is 5.82 Å². The van der Waals surface area contributed by atoms with Crippen LogP contribution in [0.25, 0.3) is 0 Å². The first kappa shape index (κ1) is 14.1. The zero-order chi connectivity index (χ0) is 14.1. The van der Waals surface area contributed by atoms with Gasteiger partial charge in [0.2, 0.25) is 0 Å². The molecule has 0 bridgehead atoms. The van der Waals surface area contributed by atoms with Crippen molar-refractivity contribution in [3.63, 3.8) is 0 Å². The van der Waals surface area contributed by atoms with Gasteiger partial charge in [0.15, 0.2) is 0 Å². The third kappa shape index (κ3) is 2.66. The normalized spacial score (nSPS) is 22.4. The fourth-order valence-electron chi connectivity index (χ4n) is 3.06. The Balaban J connectivity index is 2.05. The van der Waals surface area contributed by atoms with Crippen LogP contribution in [-0.2, 0) is 12.8 Å². The molecule has 2 aliphatic rings. The van der Waals surface area contributed by atoms with E-state index in [4.69, 9.17) is 22.9 Å². The fourth-order valence-corrected chi connectivity index (χ4v) is 4.23. The van der Waals surface area contributed by atoms with E-state index in [2.05, 4.69) is 17.9 Å². The lowest BCUT2D eigenvalue weighted by Gasteiger charge is -2.36. The molecule has 1 fully saturated rings. The molecule has 1 unspecified atom stereocenters. The van der Waals surface area contributed by atoms with E-state index in [-0.39, 0.29) is 0 Å². The summed E-state index contributed by atoms with van der Waals surface area (Å²) in [5, 5.41) is 0. The molecule has 20 heavy (non-hydrogen) atoms. The Morgan fingerprint density at radius 2 is 2.25 bits per heavy atom. The van der Waals surface area contributed by atoms with Crippen LogP contribution in [0.5, 0.6) is 0 Å². The summed E-state index contributed by atoms with van der Waals surface area (Å²) in [6.07, 6.45) is 4.71. The number of anilines is 1. The van der Waals surface area contributed by atoms with Gasteiger partial charge in [-0.1, -0.05) is 12.2 Å². The molecule has 0 spiro atoms. The van der Waals surface area contributed by atoms with E-state index < -0.39 is 0 Å². The van der Waals surface area contributed by atoms with Gasteiger partial charge in [0, 0.05) is 29.8 Å². The zero-order valence-corrected chi connectivity index (χ0v) is 13.5. The molecule has 0 saturated carbocycles. The molecule has 1 atom stereocenters. The Hall–Kier alpha value is -0.810. The van der Waals surface area contributed by atoms with Crippen molar-refractivity contribution in [2.24, 2.45) is 5.73 Å². The van der Waals surface area contributed by atoms with Crippen LogP contribution in [0, 0.1) is 0 Å². The van der Waals surface area contributed by atoms with Crippen molar-refractivity contribution in [2.45, 2.75) is 38.6 Å². The summed E-state index contributed by atoms with van der Waals surface area (Å²) >= 11 is 7.28. The molecule has 0 radical (unpaired) electrons. The molecule has 0 aromatic carbocycles. The fraction of sp³-hybridized carbons (Fsp3) is 0.600. The van der Waals surface area contributed by atoms with E-state index in [9.17, 15) is 0 Å². The lowest BCUT2D eigenvalue weighted by atomic mass is 9.94. The summed E-state index contributed by atoms with van der Waals surface area (Å²) in [4.78, 5) is 7.82. The molecule has 1 aromatic heterocycles. The summed E-state index contributed by atoms with van der Waals surface area (Å²) in [5.41, 5.74) is 9.54. The van der Waals surface area contributed by atoms with E-state index >= 15 is 0 Å². The Labute approximate surface area is 130 Å². The van der Waals surface area contributed by atoms with Crippen LogP contribution in [0.3, 0.4) is 0 Å². The van der Waals surface area contributed by atoms with Gasteiger partial charge in [-0.3, -0.25) is 0 Å². The number of thioether (sulfide) groups is 1. The highest BCUT2D eigenvalue weighted by atomic mass is 32.2. The highest BCUT2D eigenvalue weighted by Gasteiger charge is 2.25. The van der Waals surface area contributed by atoms with Gasteiger partial charge < -0.3 is 10.6 Å². The average molecular weight is 307 g/mol. The van der Waals surface area contributed by atoms with Gasteiger partial charge in [0.1, 0.15) is 10.8 Å². The molecule has 1 aliphatic heterocycles. The minimum atomic E-state index is 0.478. The predicted molar refractivity (Wildman–Crippen MR) is 90.9 cm³/mol. The van der Waals surface area contributed by atoms with Crippen LogP contribution in [-0.4, -0.2) is 34.1 Å². The van der Waals surface area contributed by atoms with Crippen molar-refractivity contribution >= 4 is 34.8 Å². The Kier molecular flexibility index (Phi) is 4.17. The summed E-state index contributed by atoms with van der Waals surface area (Å²) in [6.45, 7) is 3.30. The number of nitrogens with two attached hydrogens (primary N) is 1. The van der Waals surface area contributed by atoms with Crippen molar-refractivity contribution < 1.29 is 0 Å². The lowest BCUT2D eigenvalue weighted by molar-refractivity contribution is 0.652. The van der Waals surface area contributed by atoms with Gasteiger partial charge in [-0.05, 0) is 44.2 Å². The summed E-state index contributed by atoms with van der Waals surface area (Å²) in [5.74, 6) is 3.32. The predicted octanol–water partition coefficient (Wildman–Crippen LogP) is 2.54. The highest BCUT2D eigenvalue weighted by Crippen LogP contribution is 2.30. The average Bonchev–Trinajstić information content (AvgIpc) is 2.46. The number of aromatic nitrogens is 1. The Morgan fingerprint density at radius 1 is 1.45 bits per heavy atom. The molecule has 2 N–H and O–H groups in total. The number of hydrogen-bond donors (Lipinski definition) is 1. The van der Waals surface area contributed by atoms with Crippen molar-refractivity contribution in [3.8, 4) is 0 Å². The maximum Gasteiger partial charge on any atom is 0.139 e. The maximum absolute atomic E-state index is 5.96. The van der Waals surface area contributed by atoms with E-state index in [0.29, 0.717) is 11.0 Å². The number of rotatable bonds is 2. The summed E-state index contributed by atoms with van der Waals surface area (Å²) in [7, 11) is 0. The van der Waals surface area contributed by atoms with Crippen molar-refractivity contribution in [3.05, 3.63) is 22.9 Å². The van der Waals surface area contributed by atoms with Crippen molar-refractivity contribution in [1.82, 2.24) is 4.98 Å². The smallest absolute Gasteiger partial charge is 0.139 e. The zero-order valence-electron chi connectivity index (χ0n) is 11.9. The molecular weight excluding hydrogens is 286 g/mol. The largest absolute Gasteiger partial charge is 0.389 e. The van der Waals surface area contributed by atoms with Crippen molar-refractivity contribution in [1.29, 1.82) is 0 Å². The monoisotopic (exact) mass is 307 g/mol. The van der Waals surface area contributed by atoms with E-state index in [0.717, 1.165) is 42.3 Å². The van der Waals surface area contributed by atoms with Gasteiger partial charge in [0.05, 0.1) is 5.56 Å². The number of aryl methyl sites for hydroxylation is 2. The van der Waals surface area contributed by atoms with Crippen LogP contribution >= 0.6 is 24.0 Å².